The molecule has 2 aliphatic heterocycles. The van der Waals surface area contributed by atoms with E-state index in [0.29, 0.717) is 56.1 Å². The minimum Gasteiger partial charge on any atom is -0.447 e. The first-order valence-electron chi connectivity index (χ1n) is 10.3. The zero-order chi connectivity index (χ0) is 21.6. The van der Waals surface area contributed by atoms with Gasteiger partial charge >= 0.3 is 6.09 Å². The molecule has 0 unspecified atom stereocenters. The highest BCUT2D eigenvalue weighted by Gasteiger charge is 2.32. The Bertz CT molecular complexity index is 1150. The fourth-order valence-corrected chi connectivity index (χ4v) is 3.99. The molecule has 31 heavy (non-hydrogen) atoms. The van der Waals surface area contributed by atoms with E-state index in [-0.39, 0.29) is 5.91 Å². The molecule has 9 heteroatoms. The van der Waals surface area contributed by atoms with Crippen LogP contribution in [0, 0.1) is 0 Å². The molecule has 0 saturated carbocycles. The molecule has 0 bridgehead atoms. The molecule has 0 atom stereocenters. The highest BCUT2D eigenvalue weighted by molar-refractivity contribution is 5.97. The quantitative estimate of drug-likeness (QED) is 0.646. The number of anilines is 1. The Labute approximate surface area is 178 Å². The molecule has 5 heterocycles. The summed E-state index contributed by atoms with van der Waals surface area (Å²) in [7, 11) is 0. The minimum absolute atomic E-state index is 0.124. The fourth-order valence-electron chi connectivity index (χ4n) is 3.99. The van der Waals surface area contributed by atoms with E-state index in [9.17, 15) is 14.0 Å². The van der Waals surface area contributed by atoms with Crippen molar-refractivity contribution >= 4 is 28.9 Å². The maximum Gasteiger partial charge on any atom is 0.415 e. The highest BCUT2D eigenvalue weighted by Crippen LogP contribution is 2.27. The van der Waals surface area contributed by atoms with E-state index in [1.165, 1.54) is 4.90 Å². The molecule has 160 valence electrons. The number of fused-ring (bicyclic) bond motifs is 1. The molecule has 2 fully saturated rings. The summed E-state index contributed by atoms with van der Waals surface area (Å²) in [5.41, 5.74) is 0.779. The number of cyclic esters (lactones) is 1. The van der Waals surface area contributed by atoms with Crippen LogP contribution in [0.3, 0.4) is 0 Å². The molecular weight excluding hydrogens is 401 g/mol. The third kappa shape index (κ3) is 3.60. The van der Waals surface area contributed by atoms with Crippen molar-refractivity contribution in [3.63, 3.8) is 0 Å². The lowest BCUT2D eigenvalue weighted by Gasteiger charge is -2.34. The minimum atomic E-state index is -1.20. The van der Waals surface area contributed by atoms with Crippen LogP contribution in [0.15, 0.2) is 42.9 Å². The first kappa shape index (κ1) is 19.5. The lowest BCUT2D eigenvalue weighted by molar-refractivity contribution is 0.0503. The first-order valence-corrected chi connectivity index (χ1v) is 10.3. The third-order valence-electron chi connectivity index (χ3n) is 5.91. The normalized spacial score (nSPS) is 18.5. The van der Waals surface area contributed by atoms with E-state index < -0.39 is 11.8 Å². The third-order valence-corrected chi connectivity index (χ3v) is 5.91. The average Bonchev–Trinajstić information content (AvgIpc) is 3.39. The van der Waals surface area contributed by atoms with Gasteiger partial charge in [0, 0.05) is 30.9 Å². The molecule has 5 rings (SSSR count). The molecule has 0 aromatic carbocycles. The number of rotatable bonds is 3. The predicted octanol–water partition coefficient (Wildman–Crippen LogP) is 3.34. The zero-order valence-corrected chi connectivity index (χ0v) is 17.1. The van der Waals surface area contributed by atoms with Crippen LogP contribution >= 0.6 is 0 Å². The number of amides is 2. The van der Waals surface area contributed by atoms with Gasteiger partial charge in [-0.05, 0) is 44.0 Å². The molecule has 0 spiro atoms. The number of hydrogen-bond donors (Lipinski definition) is 0. The molecule has 2 saturated heterocycles. The molecule has 0 radical (unpaired) electrons. The summed E-state index contributed by atoms with van der Waals surface area (Å²) in [5, 5.41) is 0.824. The van der Waals surface area contributed by atoms with Crippen molar-refractivity contribution in [2.24, 2.45) is 0 Å². The van der Waals surface area contributed by atoms with Crippen molar-refractivity contribution in [3.8, 4) is 5.69 Å². The Morgan fingerprint density at radius 1 is 1.13 bits per heavy atom. The van der Waals surface area contributed by atoms with Gasteiger partial charge in [-0.25, -0.2) is 19.2 Å². The average molecular weight is 423 g/mol. The van der Waals surface area contributed by atoms with Crippen LogP contribution in [-0.2, 0) is 4.74 Å². The predicted molar refractivity (Wildman–Crippen MR) is 112 cm³/mol. The Morgan fingerprint density at radius 2 is 1.94 bits per heavy atom. The van der Waals surface area contributed by atoms with Gasteiger partial charge in [0.2, 0.25) is 0 Å². The van der Waals surface area contributed by atoms with Gasteiger partial charge in [0.05, 0.1) is 24.0 Å². The van der Waals surface area contributed by atoms with E-state index in [1.54, 1.807) is 30.3 Å². The summed E-state index contributed by atoms with van der Waals surface area (Å²) in [6, 6.07) is 7.32. The number of carbonyl (C=O) groups excluding carboxylic acids is 2. The second-order valence-electron chi connectivity index (χ2n) is 8.17. The summed E-state index contributed by atoms with van der Waals surface area (Å²) in [6.45, 7) is 3.25. The smallest absolute Gasteiger partial charge is 0.415 e. The topological polar surface area (TPSA) is 80.6 Å². The number of likely N-dealkylation sites (tertiary alicyclic amines) is 1. The Morgan fingerprint density at radius 3 is 2.61 bits per heavy atom. The number of aromatic nitrogens is 3. The van der Waals surface area contributed by atoms with Crippen LogP contribution in [0.5, 0.6) is 0 Å². The van der Waals surface area contributed by atoms with E-state index in [4.69, 9.17) is 4.74 Å². The Kier molecular flexibility index (Phi) is 4.60. The number of halogens is 1. The van der Waals surface area contributed by atoms with Crippen molar-refractivity contribution in [1.29, 1.82) is 0 Å². The lowest BCUT2D eigenvalue weighted by atomic mass is 9.95. The summed E-state index contributed by atoms with van der Waals surface area (Å²) in [6.07, 6.45) is 5.40. The molecule has 0 N–H and O–H groups in total. The zero-order valence-electron chi connectivity index (χ0n) is 17.1. The van der Waals surface area contributed by atoms with Crippen LogP contribution in [-0.4, -0.2) is 63.3 Å². The van der Waals surface area contributed by atoms with Crippen LogP contribution in [0.2, 0.25) is 0 Å². The Balaban J connectivity index is 1.37. The van der Waals surface area contributed by atoms with Crippen molar-refractivity contribution in [1.82, 2.24) is 19.4 Å². The van der Waals surface area contributed by atoms with E-state index >= 15 is 0 Å². The van der Waals surface area contributed by atoms with Gasteiger partial charge < -0.3 is 9.64 Å². The molecule has 3 aromatic heterocycles. The maximum absolute atomic E-state index is 14.0. The van der Waals surface area contributed by atoms with Crippen LogP contribution < -0.4 is 4.90 Å². The SMILES string of the molecule is CC1(F)CCN(C(=O)c2cnc3c(ccn3-c3ccc(N4CCOC4=O)nc3)c2)CC1. The van der Waals surface area contributed by atoms with Crippen molar-refractivity contribution < 1.29 is 18.7 Å². The summed E-state index contributed by atoms with van der Waals surface area (Å²) < 4.78 is 20.9. The van der Waals surface area contributed by atoms with E-state index in [2.05, 4.69) is 9.97 Å². The van der Waals surface area contributed by atoms with Crippen LogP contribution in [0.25, 0.3) is 16.7 Å². The van der Waals surface area contributed by atoms with Crippen molar-refractivity contribution in [2.45, 2.75) is 25.4 Å². The fraction of sp³-hybridized carbons (Fsp3) is 0.364. The monoisotopic (exact) mass is 423 g/mol. The van der Waals surface area contributed by atoms with Gasteiger partial charge in [0.25, 0.3) is 5.91 Å². The second-order valence-corrected chi connectivity index (χ2v) is 8.17. The molecule has 2 amide bonds. The van der Waals surface area contributed by atoms with E-state index in [0.717, 1.165) is 11.1 Å². The molecular formula is C22H22FN5O3. The lowest BCUT2D eigenvalue weighted by Crippen LogP contribution is -2.43. The largest absolute Gasteiger partial charge is 0.447 e. The summed E-state index contributed by atoms with van der Waals surface area (Å²) in [4.78, 5) is 36.6. The van der Waals surface area contributed by atoms with Crippen LogP contribution in [0.4, 0.5) is 15.0 Å². The highest BCUT2D eigenvalue weighted by atomic mass is 19.1. The molecule has 2 aliphatic rings. The Hall–Kier alpha value is -3.49. The standard InChI is InChI=1S/C22H22FN5O3/c1-22(23)5-8-26(9-6-22)20(29)16-12-15-4-7-27(19(15)25-13-16)17-2-3-18(24-14-17)28-10-11-31-21(28)30/h2-4,7,12-14H,5-6,8-11H2,1H3. The van der Waals surface area contributed by atoms with Gasteiger partial charge in [0.15, 0.2) is 0 Å². The maximum atomic E-state index is 14.0. The van der Waals surface area contributed by atoms with Gasteiger partial charge in [-0.1, -0.05) is 0 Å². The van der Waals surface area contributed by atoms with Crippen LogP contribution in [0.1, 0.15) is 30.1 Å². The number of ether oxygens (including phenoxy) is 1. The van der Waals surface area contributed by atoms with Gasteiger partial charge in [0.1, 0.15) is 23.7 Å². The van der Waals surface area contributed by atoms with Crippen molar-refractivity contribution in [3.05, 3.63) is 48.4 Å². The van der Waals surface area contributed by atoms with E-state index in [1.807, 2.05) is 29.0 Å². The number of pyridine rings is 2. The molecule has 8 nitrogen and oxygen atoms in total. The van der Waals surface area contributed by atoms with Gasteiger partial charge in [-0.2, -0.15) is 0 Å². The summed E-state index contributed by atoms with van der Waals surface area (Å²) in [5.74, 6) is 0.413. The van der Waals surface area contributed by atoms with Crippen molar-refractivity contribution in [2.75, 3.05) is 31.1 Å². The molecule has 3 aromatic rings. The first-order chi connectivity index (χ1) is 14.9. The number of piperidine rings is 1. The van der Waals surface area contributed by atoms with Gasteiger partial charge in [-0.15, -0.1) is 0 Å². The second kappa shape index (κ2) is 7.33. The number of nitrogens with zero attached hydrogens (tertiary/aromatic N) is 5. The summed E-state index contributed by atoms with van der Waals surface area (Å²) >= 11 is 0. The van der Waals surface area contributed by atoms with Gasteiger partial charge in [-0.3, -0.25) is 14.3 Å². The number of alkyl halides is 1. The number of hydrogen-bond acceptors (Lipinski definition) is 5. The number of carbonyl (C=O) groups is 2. The molecule has 0 aliphatic carbocycles.